The van der Waals surface area contributed by atoms with E-state index in [0.29, 0.717) is 5.69 Å². The molecule has 6 nitrogen and oxygen atoms in total. The monoisotopic (exact) mass is 419 g/mol. The largest absolute Gasteiger partial charge is 0.344 e. The van der Waals surface area contributed by atoms with Gasteiger partial charge in [-0.25, -0.2) is 4.39 Å². The van der Waals surface area contributed by atoms with Gasteiger partial charge >= 0.3 is 0 Å². The maximum absolute atomic E-state index is 13.5. The molecule has 1 aliphatic heterocycles. The van der Waals surface area contributed by atoms with Crippen molar-refractivity contribution in [3.05, 3.63) is 88.5 Å². The molecular formula is C24H26FN5O. The molecule has 0 spiro atoms. The quantitative estimate of drug-likeness (QED) is 0.663. The third-order valence-corrected chi connectivity index (χ3v) is 5.57. The van der Waals surface area contributed by atoms with Gasteiger partial charge in [0.05, 0.1) is 12.2 Å². The number of piperidine rings is 1. The molecule has 1 atom stereocenters. The second-order valence-corrected chi connectivity index (χ2v) is 7.77. The Kier molecular flexibility index (Phi) is 6.23. The number of rotatable bonds is 5. The van der Waals surface area contributed by atoms with Gasteiger partial charge in [0.15, 0.2) is 5.69 Å². The molecule has 0 radical (unpaired) electrons. The summed E-state index contributed by atoms with van der Waals surface area (Å²) in [6, 6.07) is 14.7. The molecule has 1 fully saturated rings. The van der Waals surface area contributed by atoms with E-state index >= 15 is 0 Å². The zero-order valence-electron chi connectivity index (χ0n) is 17.7. The molecule has 0 unspecified atom stereocenters. The molecule has 4 rings (SSSR count). The van der Waals surface area contributed by atoms with Gasteiger partial charge in [-0.15, -0.1) is 5.10 Å². The van der Waals surface area contributed by atoms with Crippen LogP contribution in [0, 0.1) is 5.82 Å². The van der Waals surface area contributed by atoms with Crippen molar-refractivity contribution in [2.45, 2.75) is 25.8 Å². The number of amides is 1. The van der Waals surface area contributed by atoms with Crippen molar-refractivity contribution in [1.82, 2.24) is 25.6 Å². The summed E-state index contributed by atoms with van der Waals surface area (Å²) in [6.07, 6.45) is 3.39. The lowest BCUT2D eigenvalue weighted by Crippen LogP contribution is -2.27. The van der Waals surface area contributed by atoms with Gasteiger partial charge in [0.25, 0.3) is 5.91 Å². The Morgan fingerprint density at radius 3 is 2.26 bits per heavy atom. The molecule has 0 saturated carbocycles. The number of carbonyl (C=O) groups excluding carboxylic acids is 1. The minimum atomic E-state index is -0.256. The SMILES string of the molecule is C[C@@H](NC(=O)c1cnn(C)n1)c1ccc(C(=C2CCNCC2)c2ccc(F)cc2)cc1. The molecular weight excluding hydrogens is 393 g/mol. The number of hydrogen-bond acceptors (Lipinski definition) is 4. The standard InChI is InChI=1S/C24H26FN5O/c1-16(28-24(31)22-15-27-30(2)29-22)17-3-5-18(6-4-17)23(20-11-13-26-14-12-20)19-7-9-21(25)10-8-19/h3-10,15-16,26H,11-14H2,1-2H3,(H,28,31)/t16-/m1/s1. The molecule has 0 bridgehead atoms. The first-order chi connectivity index (χ1) is 15.0. The average molecular weight is 420 g/mol. The van der Waals surface area contributed by atoms with Gasteiger partial charge in [0, 0.05) is 7.05 Å². The minimum Gasteiger partial charge on any atom is -0.344 e. The predicted octanol–water partition coefficient (Wildman–Crippen LogP) is 3.63. The van der Waals surface area contributed by atoms with Crippen LogP contribution in [0.25, 0.3) is 5.57 Å². The van der Waals surface area contributed by atoms with Crippen LogP contribution in [-0.2, 0) is 7.05 Å². The fraction of sp³-hybridized carbons (Fsp3) is 0.292. The van der Waals surface area contributed by atoms with E-state index in [1.165, 1.54) is 34.3 Å². The summed E-state index contributed by atoms with van der Waals surface area (Å²) in [6.45, 7) is 3.84. The van der Waals surface area contributed by atoms with Gasteiger partial charge in [0.2, 0.25) is 0 Å². The Morgan fingerprint density at radius 1 is 1.06 bits per heavy atom. The van der Waals surface area contributed by atoms with Crippen molar-refractivity contribution in [3.63, 3.8) is 0 Å². The number of nitrogens with zero attached hydrogens (tertiary/aromatic N) is 3. The normalized spacial score (nSPS) is 14.9. The van der Waals surface area contributed by atoms with E-state index in [2.05, 4.69) is 33.0 Å². The molecule has 1 saturated heterocycles. The summed E-state index contributed by atoms with van der Waals surface area (Å²) >= 11 is 0. The maximum atomic E-state index is 13.5. The lowest BCUT2D eigenvalue weighted by Gasteiger charge is -2.22. The number of nitrogens with one attached hydrogen (secondary N) is 2. The van der Waals surface area contributed by atoms with Crippen LogP contribution in [0.15, 0.2) is 60.3 Å². The van der Waals surface area contributed by atoms with Crippen LogP contribution in [0.5, 0.6) is 0 Å². The fourth-order valence-electron chi connectivity index (χ4n) is 3.91. The molecule has 7 heteroatoms. The van der Waals surface area contributed by atoms with Crippen LogP contribution < -0.4 is 10.6 Å². The molecule has 3 aromatic rings. The number of carbonyl (C=O) groups is 1. The molecule has 1 aromatic heterocycles. The summed E-state index contributed by atoms with van der Waals surface area (Å²) in [5, 5.41) is 14.3. The number of aromatic nitrogens is 3. The van der Waals surface area contributed by atoms with Gasteiger partial charge in [0.1, 0.15) is 5.82 Å². The molecule has 1 aliphatic rings. The number of benzene rings is 2. The highest BCUT2D eigenvalue weighted by Crippen LogP contribution is 2.32. The van der Waals surface area contributed by atoms with Gasteiger partial charge in [-0.1, -0.05) is 42.0 Å². The molecule has 2 heterocycles. The third-order valence-electron chi connectivity index (χ3n) is 5.57. The first-order valence-corrected chi connectivity index (χ1v) is 10.5. The zero-order valence-corrected chi connectivity index (χ0v) is 17.7. The summed E-state index contributed by atoms with van der Waals surface area (Å²) in [4.78, 5) is 13.7. The van der Waals surface area contributed by atoms with Gasteiger partial charge in [-0.2, -0.15) is 9.90 Å². The van der Waals surface area contributed by atoms with Crippen LogP contribution in [0.3, 0.4) is 0 Å². The first-order valence-electron chi connectivity index (χ1n) is 10.5. The Morgan fingerprint density at radius 2 is 1.68 bits per heavy atom. The van der Waals surface area contributed by atoms with E-state index in [-0.39, 0.29) is 17.8 Å². The molecule has 160 valence electrons. The van der Waals surface area contributed by atoms with Gasteiger partial charge < -0.3 is 10.6 Å². The fourth-order valence-corrected chi connectivity index (χ4v) is 3.91. The first kappa shape index (κ1) is 20.9. The highest BCUT2D eigenvalue weighted by atomic mass is 19.1. The van der Waals surface area contributed by atoms with Crippen molar-refractivity contribution in [1.29, 1.82) is 0 Å². The van der Waals surface area contributed by atoms with Gasteiger partial charge in [-0.3, -0.25) is 4.79 Å². The summed E-state index contributed by atoms with van der Waals surface area (Å²) in [5.74, 6) is -0.491. The number of aryl methyl sites for hydroxylation is 1. The second-order valence-electron chi connectivity index (χ2n) is 7.77. The van der Waals surface area contributed by atoms with E-state index in [0.717, 1.165) is 42.6 Å². The minimum absolute atomic E-state index is 0.177. The van der Waals surface area contributed by atoms with Crippen molar-refractivity contribution in [2.24, 2.45) is 7.05 Å². The van der Waals surface area contributed by atoms with Crippen molar-refractivity contribution < 1.29 is 9.18 Å². The lowest BCUT2D eigenvalue weighted by atomic mass is 9.88. The lowest BCUT2D eigenvalue weighted by molar-refractivity contribution is 0.0934. The smallest absolute Gasteiger partial charge is 0.273 e. The van der Waals surface area contributed by atoms with Crippen LogP contribution in [0.2, 0.25) is 0 Å². The van der Waals surface area contributed by atoms with Crippen LogP contribution >= 0.6 is 0 Å². The molecule has 0 aliphatic carbocycles. The Hall–Kier alpha value is -3.32. The molecule has 2 N–H and O–H groups in total. The highest BCUT2D eigenvalue weighted by Gasteiger charge is 2.17. The predicted molar refractivity (Wildman–Crippen MR) is 118 cm³/mol. The second kappa shape index (κ2) is 9.22. The van der Waals surface area contributed by atoms with Crippen LogP contribution in [-0.4, -0.2) is 34.0 Å². The van der Waals surface area contributed by atoms with E-state index in [4.69, 9.17) is 0 Å². The molecule has 2 aromatic carbocycles. The summed E-state index contributed by atoms with van der Waals surface area (Å²) in [5.41, 5.74) is 5.95. The molecule has 31 heavy (non-hydrogen) atoms. The summed E-state index contributed by atoms with van der Waals surface area (Å²) < 4.78 is 13.5. The zero-order chi connectivity index (χ0) is 21.8. The third kappa shape index (κ3) is 4.88. The Balaban J connectivity index is 1.58. The van der Waals surface area contributed by atoms with Crippen LogP contribution in [0.1, 0.15) is 53.0 Å². The van der Waals surface area contributed by atoms with Crippen molar-refractivity contribution in [2.75, 3.05) is 13.1 Å². The summed E-state index contributed by atoms with van der Waals surface area (Å²) in [7, 11) is 1.68. The van der Waals surface area contributed by atoms with Gasteiger partial charge in [-0.05, 0) is 67.3 Å². The van der Waals surface area contributed by atoms with Crippen LogP contribution in [0.4, 0.5) is 4.39 Å². The maximum Gasteiger partial charge on any atom is 0.273 e. The van der Waals surface area contributed by atoms with Crippen molar-refractivity contribution in [3.8, 4) is 0 Å². The van der Waals surface area contributed by atoms with E-state index < -0.39 is 0 Å². The molecule has 1 amide bonds. The van der Waals surface area contributed by atoms with E-state index in [9.17, 15) is 9.18 Å². The Bertz CT molecular complexity index is 1080. The average Bonchev–Trinajstić information content (AvgIpc) is 3.23. The van der Waals surface area contributed by atoms with Crippen molar-refractivity contribution >= 4 is 11.5 Å². The van der Waals surface area contributed by atoms with E-state index in [1.807, 2.05) is 31.2 Å². The highest BCUT2D eigenvalue weighted by molar-refractivity contribution is 5.92. The number of hydrogen-bond donors (Lipinski definition) is 2. The number of halogens is 1. The van der Waals surface area contributed by atoms with E-state index in [1.54, 1.807) is 7.05 Å². The Labute approximate surface area is 181 Å². The topological polar surface area (TPSA) is 71.8 Å².